The Kier molecular flexibility index (Phi) is 4.76. The van der Waals surface area contributed by atoms with Crippen LogP contribution in [0.4, 0.5) is 0 Å². The fraction of sp³-hybridized carbons (Fsp3) is 0.176. The van der Waals surface area contributed by atoms with E-state index < -0.39 is 0 Å². The molecule has 2 aromatic carbocycles. The molecule has 0 amide bonds. The summed E-state index contributed by atoms with van der Waals surface area (Å²) in [7, 11) is 0. The van der Waals surface area contributed by atoms with Crippen LogP contribution in [-0.2, 0) is 6.54 Å². The van der Waals surface area contributed by atoms with E-state index in [4.69, 9.17) is 0 Å². The fourth-order valence-corrected chi connectivity index (χ4v) is 2.08. The third-order valence-electron chi connectivity index (χ3n) is 3.07. The number of benzene rings is 2. The predicted octanol–water partition coefficient (Wildman–Crippen LogP) is 3.80. The van der Waals surface area contributed by atoms with Crippen molar-refractivity contribution in [3.63, 3.8) is 0 Å². The molecule has 98 valence electrons. The second kappa shape index (κ2) is 6.76. The first-order valence-electron chi connectivity index (χ1n) is 6.46. The Morgan fingerprint density at radius 2 is 1.89 bits per heavy atom. The first-order valence-corrected chi connectivity index (χ1v) is 6.46. The molecule has 2 nitrogen and oxygen atoms in total. The van der Waals surface area contributed by atoms with Gasteiger partial charge in [-0.1, -0.05) is 48.5 Å². The number of aromatic hydroxyl groups is 1. The van der Waals surface area contributed by atoms with Gasteiger partial charge in [0.2, 0.25) is 0 Å². The fourth-order valence-electron chi connectivity index (χ4n) is 2.08. The van der Waals surface area contributed by atoms with Crippen LogP contribution in [0.5, 0.6) is 5.75 Å². The minimum absolute atomic E-state index is 0.171. The minimum Gasteiger partial charge on any atom is -0.508 e. The first-order chi connectivity index (χ1) is 9.29. The summed E-state index contributed by atoms with van der Waals surface area (Å²) in [6.45, 7) is 4.60. The lowest BCUT2D eigenvalue weighted by atomic mass is 10.0. The highest BCUT2D eigenvalue weighted by molar-refractivity contribution is 5.30. The van der Waals surface area contributed by atoms with Gasteiger partial charge < -0.3 is 10.4 Å². The largest absolute Gasteiger partial charge is 0.508 e. The van der Waals surface area contributed by atoms with Crippen molar-refractivity contribution in [3.05, 3.63) is 78.4 Å². The van der Waals surface area contributed by atoms with E-state index in [0.717, 1.165) is 18.5 Å². The number of rotatable bonds is 6. The zero-order valence-electron chi connectivity index (χ0n) is 10.9. The van der Waals surface area contributed by atoms with Crippen LogP contribution in [0.1, 0.15) is 23.6 Å². The summed E-state index contributed by atoms with van der Waals surface area (Å²) >= 11 is 0. The van der Waals surface area contributed by atoms with Crippen molar-refractivity contribution in [3.8, 4) is 5.75 Å². The third kappa shape index (κ3) is 3.97. The van der Waals surface area contributed by atoms with Gasteiger partial charge in [0, 0.05) is 12.6 Å². The van der Waals surface area contributed by atoms with Gasteiger partial charge in [0.1, 0.15) is 5.75 Å². The Morgan fingerprint density at radius 3 is 2.58 bits per heavy atom. The molecule has 1 atom stereocenters. The Labute approximate surface area is 114 Å². The monoisotopic (exact) mass is 253 g/mol. The maximum atomic E-state index is 9.56. The Balaban J connectivity index is 2.06. The summed E-state index contributed by atoms with van der Waals surface area (Å²) in [6.07, 6.45) is 2.73. The highest BCUT2D eigenvalue weighted by Gasteiger charge is 2.09. The number of hydrogen-bond donors (Lipinski definition) is 2. The lowest BCUT2D eigenvalue weighted by Gasteiger charge is -2.18. The lowest BCUT2D eigenvalue weighted by molar-refractivity contribution is 0.470. The van der Waals surface area contributed by atoms with Crippen molar-refractivity contribution in [2.45, 2.75) is 19.0 Å². The van der Waals surface area contributed by atoms with E-state index in [2.05, 4.69) is 24.0 Å². The Morgan fingerprint density at radius 1 is 1.11 bits per heavy atom. The van der Waals surface area contributed by atoms with E-state index in [1.54, 1.807) is 12.1 Å². The lowest BCUT2D eigenvalue weighted by Crippen LogP contribution is -2.20. The molecule has 2 rings (SSSR count). The van der Waals surface area contributed by atoms with Crippen LogP contribution in [0.15, 0.2) is 67.3 Å². The summed E-state index contributed by atoms with van der Waals surface area (Å²) in [6, 6.07) is 17.8. The van der Waals surface area contributed by atoms with Gasteiger partial charge in [0.25, 0.3) is 0 Å². The molecule has 0 saturated heterocycles. The number of phenolic OH excluding ortho intramolecular Hbond substituents is 1. The van der Waals surface area contributed by atoms with E-state index in [9.17, 15) is 5.11 Å². The SMILES string of the molecule is C=CCC(NCc1ccccc1)c1cccc(O)c1. The van der Waals surface area contributed by atoms with Gasteiger partial charge in [0.15, 0.2) is 0 Å². The summed E-state index contributed by atoms with van der Waals surface area (Å²) in [4.78, 5) is 0. The van der Waals surface area contributed by atoms with Crippen molar-refractivity contribution in [2.75, 3.05) is 0 Å². The van der Waals surface area contributed by atoms with Crippen molar-refractivity contribution in [2.24, 2.45) is 0 Å². The first kappa shape index (κ1) is 13.4. The second-order valence-corrected chi connectivity index (χ2v) is 4.54. The molecule has 19 heavy (non-hydrogen) atoms. The van der Waals surface area contributed by atoms with Crippen LogP contribution in [0, 0.1) is 0 Å². The number of phenols is 1. The normalized spacial score (nSPS) is 12.0. The predicted molar refractivity (Wildman–Crippen MR) is 78.9 cm³/mol. The van der Waals surface area contributed by atoms with Gasteiger partial charge in [-0.2, -0.15) is 0 Å². The molecule has 0 aromatic heterocycles. The molecule has 0 aliphatic heterocycles. The van der Waals surface area contributed by atoms with E-state index >= 15 is 0 Å². The maximum absolute atomic E-state index is 9.56. The maximum Gasteiger partial charge on any atom is 0.115 e. The number of hydrogen-bond acceptors (Lipinski definition) is 2. The quantitative estimate of drug-likeness (QED) is 0.767. The van der Waals surface area contributed by atoms with Crippen molar-refractivity contribution in [1.82, 2.24) is 5.32 Å². The van der Waals surface area contributed by atoms with E-state index in [-0.39, 0.29) is 6.04 Å². The second-order valence-electron chi connectivity index (χ2n) is 4.54. The van der Waals surface area contributed by atoms with E-state index in [1.165, 1.54) is 5.56 Å². The minimum atomic E-state index is 0.171. The molecule has 1 unspecified atom stereocenters. The molecule has 2 aromatic rings. The molecule has 0 aliphatic rings. The van der Waals surface area contributed by atoms with Crippen LogP contribution < -0.4 is 5.32 Å². The molecule has 0 spiro atoms. The average Bonchev–Trinajstić information content (AvgIpc) is 2.44. The van der Waals surface area contributed by atoms with Gasteiger partial charge >= 0.3 is 0 Å². The topological polar surface area (TPSA) is 32.3 Å². The van der Waals surface area contributed by atoms with Crippen LogP contribution in [-0.4, -0.2) is 5.11 Å². The Bertz CT molecular complexity index is 522. The molecule has 0 radical (unpaired) electrons. The zero-order valence-corrected chi connectivity index (χ0v) is 10.9. The van der Waals surface area contributed by atoms with Gasteiger partial charge in [-0.25, -0.2) is 0 Å². The van der Waals surface area contributed by atoms with E-state index in [1.807, 2.05) is 36.4 Å². The molecule has 2 heteroatoms. The van der Waals surface area contributed by atoms with Gasteiger partial charge in [-0.05, 0) is 29.7 Å². The molecule has 0 fully saturated rings. The van der Waals surface area contributed by atoms with Crippen LogP contribution in [0.3, 0.4) is 0 Å². The summed E-state index contributed by atoms with van der Waals surface area (Å²) in [5, 5.41) is 13.1. The average molecular weight is 253 g/mol. The molecular weight excluding hydrogens is 234 g/mol. The molecule has 0 bridgehead atoms. The van der Waals surface area contributed by atoms with E-state index in [0.29, 0.717) is 5.75 Å². The van der Waals surface area contributed by atoms with Crippen molar-refractivity contribution < 1.29 is 5.11 Å². The summed E-state index contributed by atoms with van der Waals surface area (Å²) in [5.41, 5.74) is 2.33. The van der Waals surface area contributed by atoms with Gasteiger partial charge in [0.05, 0.1) is 0 Å². The molecule has 2 N–H and O–H groups in total. The standard InChI is InChI=1S/C17H19NO/c1-2-7-17(15-10-6-11-16(19)12-15)18-13-14-8-4-3-5-9-14/h2-6,8-12,17-19H,1,7,13H2. The smallest absolute Gasteiger partial charge is 0.115 e. The van der Waals surface area contributed by atoms with Crippen LogP contribution in [0.2, 0.25) is 0 Å². The third-order valence-corrected chi connectivity index (χ3v) is 3.07. The molecule has 0 aliphatic carbocycles. The van der Waals surface area contributed by atoms with Gasteiger partial charge in [-0.15, -0.1) is 6.58 Å². The van der Waals surface area contributed by atoms with Crippen LogP contribution >= 0.6 is 0 Å². The van der Waals surface area contributed by atoms with Crippen LogP contribution in [0.25, 0.3) is 0 Å². The van der Waals surface area contributed by atoms with Crippen molar-refractivity contribution in [1.29, 1.82) is 0 Å². The summed E-state index contributed by atoms with van der Waals surface area (Å²) in [5.74, 6) is 0.299. The van der Waals surface area contributed by atoms with Gasteiger partial charge in [-0.3, -0.25) is 0 Å². The Hall–Kier alpha value is -2.06. The molecule has 0 heterocycles. The highest BCUT2D eigenvalue weighted by atomic mass is 16.3. The molecular formula is C17H19NO. The molecule has 0 saturated carbocycles. The van der Waals surface area contributed by atoms with Crippen molar-refractivity contribution >= 4 is 0 Å². The highest BCUT2D eigenvalue weighted by Crippen LogP contribution is 2.21. The summed E-state index contributed by atoms with van der Waals surface area (Å²) < 4.78 is 0. The number of nitrogens with one attached hydrogen (secondary N) is 1. The zero-order chi connectivity index (χ0) is 13.5.